The highest BCUT2D eigenvalue weighted by atomic mass is 16.1. The molecule has 0 aliphatic carbocycles. The fourth-order valence-electron chi connectivity index (χ4n) is 2.09. The van der Waals surface area contributed by atoms with Crippen LogP contribution in [0.2, 0.25) is 0 Å². The van der Waals surface area contributed by atoms with E-state index < -0.39 is 0 Å². The lowest BCUT2D eigenvalue weighted by Gasteiger charge is -2.06. The van der Waals surface area contributed by atoms with Gasteiger partial charge in [-0.25, -0.2) is 0 Å². The minimum absolute atomic E-state index is 0.0840. The van der Waals surface area contributed by atoms with Crippen LogP contribution >= 0.6 is 0 Å². The van der Waals surface area contributed by atoms with Gasteiger partial charge in [0.25, 0.3) is 0 Å². The standard InChI is InChI=1S/C14H26N4O/c1-5-8-15-10-13-11(3)17-18(12(13)4)9-7-14(19)16-6-2/h15H,5-10H2,1-4H3,(H,16,19). The van der Waals surface area contributed by atoms with Crippen molar-refractivity contribution in [2.45, 2.75) is 53.6 Å². The summed E-state index contributed by atoms with van der Waals surface area (Å²) in [6, 6.07) is 0. The number of rotatable bonds is 8. The van der Waals surface area contributed by atoms with Crippen LogP contribution in [-0.4, -0.2) is 28.8 Å². The summed E-state index contributed by atoms with van der Waals surface area (Å²) >= 11 is 0. The smallest absolute Gasteiger partial charge is 0.221 e. The topological polar surface area (TPSA) is 59.0 Å². The van der Waals surface area contributed by atoms with Crippen LogP contribution in [0.25, 0.3) is 0 Å². The molecule has 1 amide bonds. The lowest BCUT2D eigenvalue weighted by atomic mass is 10.2. The molecule has 5 heteroatoms. The maximum absolute atomic E-state index is 11.5. The molecule has 1 aromatic heterocycles. The van der Waals surface area contributed by atoms with E-state index in [-0.39, 0.29) is 5.91 Å². The molecule has 0 atom stereocenters. The van der Waals surface area contributed by atoms with Crippen molar-refractivity contribution >= 4 is 5.91 Å². The number of hydrogen-bond donors (Lipinski definition) is 2. The van der Waals surface area contributed by atoms with E-state index in [2.05, 4.69) is 29.6 Å². The van der Waals surface area contributed by atoms with E-state index in [1.165, 1.54) is 5.56 Å². The number of nitrogens with zero attached hydrogens (tertiary/aromatic N) is 2. The molecule has 0 bridgehead atoms. The molecular formula is C14H26N4O. The van der Waals surface area contributed by atoms with E-state index in [4.69, 9.17) is 0 Å². The van der Waals surface area contributed by atoms with Gasteiger partial charge < -0.3 is 10.6 Å². The van der Waals surface area contributed by atoms with Crippen LogP contribution in [0.1, 0.15) is 43.6 Å². The minimum Gasteiger partial charge on any atom is -0.356 e. The van der Waals surface area contributed by atoms with Gasteiger partial charge in [-0.15, -0.1) is 0 Å². The molecule has 5 nitrogen and oxygen atoms in total. The van der Waals surface area contributed by atoms with Crippen LogP contribution in [-0.2, 0) is 17.9 Å². The maximum Gasteiger partial charge on any atom is 0.221 e. The summed E-state index contributed by atoms with van der Waals surface area (Å²) in [5.41, 5.74) is 3.46. The van der Waals surface area contributed by atoms with Gasteiger partial charge in [-0.3, -0.25) is 9.48 Å². The molecule has 0 radical (unpaired) electrons. The zero-order chi connectivity index (χ0) is 14.3. The first-order valence-corrected chi connectivity index (χ1v) is 7.10. The molecule has 1 heterocycles. The lowest BCUT2D eigenvalue weighted by Crippen LogP contribution is -2.24. The Morgan fingerprint density at radius 2 is 2.05 bits per heavy atom. The minimum atomic E-state index is 0.0840. The van der Waals surface area contributed by atoms with Gasteiger partial charge in [0.05, 0.1) is 5.69 Å². The highest BCUT2D eigenvalue weighted by Gasteiger charge is 2.11. The van der Waals surface area contributed by atoms with Crippen molar-refractivity contribution in [1.82, 2.24) is 20.4 Å². The lowest BCUT2D eigenvalue weighted by molar-refractivity contribution is -0.121. The molecule has 0 saturated heterocycles. The molecule has 108 valence electrons. The number of amides is 1. The van der Waals surface area contributed by atoms with E-state index in [1.807, 2.05) is 18.5 Å². The van der Waals surface area contributed by atoms with Crippen molar-refractivity contribution in [3.05, 3.63) is 17.0 Å². The summed E-state index contributed by atoms with van der Waals surface area (Å²) in [4.78, 5) is 11.5. The summed E-state index contributed by atoms with van der Waals surface area (Å²) in [5.74, 6) is 0.0840. The number of hydrogen-bond acceptors (Lipinski definition) is 3. The average Bonchev–Trinajstić information content (AvgIpc) is 2.64. The Morgan fingerprint density at radius 3 is 2.68 bits per heavy atom. The summed E-state index contributed by atoms with van der Waals surface area (Å²) < 4.78 is 1.94. The molecule has 0 fully saturated rings. The molecule has 0 saturated carbocycles. The normalized spacial score (nSPS) is 10.7. The van der Waals surface area contributed by atoms with Gasteiger partial charge in [0.2, 0.25) is 5.91 Å². The Labute approximate surface area is 115 Å². The molecule has 0 aromatic carbocycles. The first kappa shape index (κ1) is 15.7. The maximum atomic E-state index is 11.5. The quantitative estimate of drug-likeness (QED) is 0.702. The van der Waals surface area contributed by atoms with E-state index in [1.54, 1.807) is 0 Å². The Bertz CT molecular complexity index is 412. The summed E-state index contributed by atoms with van der Waals surface area (Å²) in [6.45, 7) is 11.4. The molecule has 1 aromatic rings. The molecule has 0 spiro atoms. The summed E-state index contributed by atoms with van der Waals surface area (Å²) in [7, 11) is 0. The van der Waals surface area contributed by atoms with Crippen LogP contribution in [0, 0.1) is 13.8 Å². The predicted molar refractivity (Wildman–Crippen MR) is 77.0 cm³/mol. The molecular weight excluding hydrogens is 240 g/mol. The van der Waals surface area contributed by atoms with Crippen molar-refractivity contribution < 1.29 is 4.79 Å². The van der Waals surface area contributed by atoms with Crippen molar-refractivity contribution in [3.63, 3.8) is 0 Å². The third kappa shape index (κ3) is 4.67. The molecule has 19 heavy (non-hydrogen) atoms. The van der Waals surface area contributed by atoms with Crippen LogP contribution < -0.4 is 10.6 Å². The third-order valence-corrected chi connectivity index (χ3v) is 3.18. The SMILES string of the molecule is CCCNCc1c(C)nn(CCC(=O)NCC)c1C. The van der Waals surface area contributed by atoms with Crippen molar-refractivity contribution in [2.24, 2.45) is 0 Å². The Kier molecular flexibility index (Phi) is 6.56. The van der Waals surface area contributed by atoms with E-state index >= 15 is 0 Å². The monoisotopic (exact) mass is 266 g/mol. The summed E-state index contributed by atoms with van der Waals surface area (Å²) in [5, 5.41) is 10.7. The molecule has 2 N–H and O–H groups in total. The number of carbonyl (C=O) groups excluding carboxylic acids is 1. The average molecular weight is 266 g/mol. The number of carbonyl (C=O) groups is 1. The second-order valence-corrected chi connectivity index (χ2v) is 4.75. The van der Waals surface area contributed by atoms with Gasteiger partial charge in [-0.05, 0) is 33.7 Å². The molecule has 1 rings (SSSR count). The van der Waals surface area contributed by atoms with Crippen molar-refractivity contribution in [2.75, 3.05) is 13.1 Å². The Hall–Kier alpha value is -1.36. The first-order chi connectivity index (χ1) is 9.10. The van der Waals surface area contributed by atoms with Crippen molar-refractivity contribution in [1.29, 1.82) is 0 Å². The van der Waals surface area contributed by atoms with Gasteiger partial charge >= 0.3 is 0 Å². The number of aromatic nitrogens is 2. The van der Waals surface area contributed by atoms with E-state index in [0.29, 0.717) is 19.5 Å². The van der Waals surface area contributed by atoms with Crippen LogP contribution in [0.5, 0.6) is 0 Å². The Balaban J connectivity index is 2.60. The second kappa shape index (κ2) is 7.94. The van der Waals surface area contributed by atoms with Crippen LogP contribution in [0.4, 0.5) is 0 Å². The molecule has 0 aliphatic heterocycles. The van der Waals surface area contributed by atoms with E-state index in [9.17, 15) is 4.79 Å². The first-order valence-electron chi connectivity index (χ1n) is 7.10. The largest absolute Gasteiger partial charge is 0.356 e. The zero-order valence-electron chi connectivity index (χ0n) is 12.5. The van der Waals surface area contributed by atoms with Gasteiger partial charge in [-0.1, -0.05) is 6.92 Å². The second-order valence-electron chi connectivity index (χ2n) is 4.75. The van der Waals surface area contributed by atoms with Gasteiger partial charge in [-0.2, -0.15) is 5.10 Å². The highest BCUT2D eigenvalue weighted by molar-refractivity contribution is 5.75. The van der Waals surface area contributed by atoms with Crippen molar-refractivity contribution in [3.8, 4) is 0 Å². The van der Waals surface area contributed by atoms with Crippen LogP contribution in [0.3, 0.4) is 0 Å². The van der Waals surface area contributed by atoms with Gasteiger partial charge in [0, 0.05) is 37.3 Å². The van der Waals surface area contributed by atoms with Gasteiger partial charge in [0.1, 0.15) is 0 Å². The highest BCUT2D eigenvalue weighted by Crippen LogP contribution is 2.13. The fourth-order valence-corrected chi connectivity index (χ4v) is 2.09. The number of aryl methyl sites for hydroxylation is 2. The van der Waals surface area contributed by atoms with Gasteiger partial charge in [0.15, 0.2) is 0 Å². The molecule has 0 unspecified atom stereocenters. The number of nitrogens with one attached hydrogen (secondary N) is 2. The predicted octanol–water partition coefficient (Wildman–Crippen LogP) is 1.53. The Morgan fingerprint density at radius 1 is 1.32 bits per heavy atom. The third-order valence-electron chi connectivity index (χ3n) is 3.18. The fraction of sp³-hybridized carbons (Fsp3) is 0.714. The molecule has 0 aliphatic rings. The zero-order valence-corrected chi connectivity index (χ0v) is 12.5. The van der Waals surface area contributed by atoms with E-state index in [0.717, 1.165) is 30.9 Å². The summed E-state index contributed by atoms with van der Waals surface area (Å²) in [6.07, 6.45) is 1.61. The van der Waals surface area contributed by atoms with Crippen LogP contribution in [0.15, 0.2) is 0 Å².